The SMILES string of the molecule is CC(N)CCSCC1CN(C(C)C)CCO1. The van der Waals surface area contributed by atoms with Gasteiger partial charge in [-0.25, -0.2) is 0 Å². The second kappa shape index (κ2) is 7.54. The molecule has 0 aromatic rings. The molecule has 0 bridgehead atoms. The summed E-state index contributed by atoms with van der Waals surface area (Å²) in [6.07, 6.45) is 1.51. The van der Waals surface area contributed by atoms with Crippen molar-refractivity contribution in [3.63, 3.8) is 0 Å². The highest BCUT2D eigenvalue weighted by molar-refractivity contribution is 7.99. The Morgan fingerprint density at radius 2 is 2.19 bits per heavy atom. The fourth-order valence-electron chi connectivity index (χ4n) is 1.80. The van der Waals surface area contributed by atoms with Gasteiger partial charge in [0.15, 0.2) is 0 Å². The summed E-state index contributed by atoms with van der Waals surface area (Å²) in [6.45, 7) is 9.63. The number of nitrogens with two attached hydrogens (primary N) is 1. The summed E-state index contributed by atoms with van der Waals surface area (Å²) in [7, 11) is 0. The fourth-order valence-corrected chi connectivity index (χ4v) is 2.97. The van der Waals surface area contributed by atoms with Crippen LogP contribution in [0.2, 0.25) is 0 Å². The van der Waals surface area contributed by atoms with E-state index in [2.05, 4.69) is 25.7 Å². The van der Waals surface area contributed by atoms with Gasteiger partial charge < -0.3 is 10.5 Å². The van der Waals surface area contributed by atoms with Crippen LogP contribution in [0, 0.1) is 0 Å². The molecule has 0 amide bonds. The van der Waals surface area contributed by atoms with E-state index in [1.54, 1.807) is 0 Å². The van der Waals surface area contributed by atoms with Crippen LogP contribution in [0.5, 0.6) is 0 Å². The molecule has 0 aromatic carbocycles. The van der Waals surface area contributed by atoms with Crippen LogP contribution in [0.15, 0.2) is 0 Å². The van der Waals surface area contributed by atoms with E-state index in [0.29, 0.717) is 18.2 Å². The van der Waals surface area contributed by atoms with E-state index in [-0.39, 0.29) is 0 Å². The lowest BCUT2D eigenvalue weighted by Gasteiger charge is -2.35. The first kappa shape index (κ1) is 14.3. The third-order valence-corrected chi connectivity index (χ3v) is 4.05. The number of ether oxygens (including phenoxy) is 1. The van der Waals surface area contributed by atoms with Gasteiger partial charge in [-0.2, -0.15) is 11.8 Å². The van der Waals surface area contributed by atoms with Crippen molar-refractivity contribution in [2.45, 2.75) is 45.4 Å². The standard InChI is InChI=1S/C12H26N2OS/c1-10(2)14-5-6-15-12(8-14)9-16-7-4-11(3)13/h10-12H,4-9,13H2,1-3H3. The molecule has 1 aliphatic heterocycles. The number of hydrogen-bond acceptors (Lipinski definition) is 4. The van der Waals surface area contributed by atoms with Gasteiger partial charge in [0.25, 0.3) is 0 Å². The van der Waals surface area contributed by atoms with E-state index in [0.717, 1.165) is 37.6 Å². The van der Waals surface area contributed by atoms with Gasteiger partial charge >= 0.3 is 0 Å². The highest BCUT2D eigenvalue weighted by Crippen LogP contribution is 2.14. The van der Waals surface area contributed by atoms with Crippen molar-refractivity contribution in [1.82, 2.24) is 4.90 Å². The van der Waals surface area contributed by atoms with Crippen molar-refractivity contribution in [2.75, 3.05) is 31.2 Å². The monoisotopic (exact) mass is 246 g/mol. The highest BCUT2D eigenvalue weighted by Gasteiger charge is 2.21. The fraction of sp³-hybridized carbons (Fsp3) is 1.00. The van der Waals surface area contributed by atoms with Crippen LogP contribution in [-0.4, -0.2) is 54.3 Å². The Morgan fingerprint density at radius 3 is 2.81 bits per heavy atom. The quantitative estimate of drug-likeness (QED) is 0.722. The second-order valence-electron chi connectivity index (χ2n) is 4.92. The molecule has 0 radical (unpaired) electrons. The summed E-state index contributed by atoms with van der Waals surface area (Å²) in [4.78, 5) is 2.50. The number of hydrogen-bond donors (Lipinski definition) is 1. The van der Waals surface area contributed by atoms with E-state index >= 15 is 0 Å². The minimum Gasteiger partial charge on any atom is -0.375 e. The smallest absolute Gasteiger partial charge is 0.0792 e. The molecule has 0 saturated carbocycles. The first-order valence-corrected chi connectivity index (χ1v) is 7.44. The van der Waals surface area contributed by atoms with Crippen LogP contribution < -0.4 is 5.73 Å². The Kier molecular flexibility index (Phi) is 6.73. The molecule has 2 N–H and O–H groups in total. The number of thioether (sulfide) groups is 1. The van der Waals surface area contributed by atoms with E-state index in [1.165, 1.54) is 0 Å². The highest BCUT2D eigenvalue weighted by atomic mass is 32.2. The van der Waals surface area contributed by atoms with Crippen LogP contribution in [0.3, 0.4) is 0 Å². The lowest BCUT2D eigenvalue weighted by molar-refractivity contribution is -0.0265. The molecule has 0 spiro atoms. The summed E-state index contributed by atoms with van der Waals surface area (Å²) in [6, 6.07) is 0.965. The molecule has 1 aliphatic rings. The van der Waals surface area contributed by atoms with Crippen LogP contribution in [0.4, 0.5) is 0 Å². The average molecular weight is 246 g/mol. The number of morpholine rings is 1. The lowest BCUT2D eigenvalue weighted by atomic mass is 10.2. The molecular formula is C12H26N2OS. The number of nitrogens with zero attached hydrogens (tertiary/aromatic N) is 1. The maximum atomic E-state index is 5.77. The van der Waals surface area contributed by atoms with Crippen molar-refractivity contribution >= 4 is 11.8 Å². The maximum absolute atomic E-state index is 5.77. The summed E-state index contributed by atoms with van der Waals surface area (Å²) >= 11 is 1.97. The maximum Gasteiger partial charge on any atom is 0.0792 e. The topological polar surface area (TPSA) is 38.5 Å². The third-order valence-electron chi connectivity index (χ3n) is 2.92. The third kappa shape index (κ3) is 5.53. The Balaban J connectivity index is 2.12. The zero-order chi connectivity index (χ0) is 12.0. The van der Waals surface area contributed by atoms with Gasteiger partial charge in [0.2, 0.25) is 0 Å². The first-order chi connectivity index (χ1) is 7.59. The predicted molar refractivity (Wildman–Crippen MR) is 72.0 cm³/mol. The minimum absolute atomic E-state index is 0.326. The Morgan fingerprint density at radius 1 is 1.44 bits per heavy atom. The van der Waals surface area contributed by atoms with Crippen molar-refractivity contribution < 1.29 is 4.74 Å². The molecule has 0 aromatic heterocycles. The largest absolute Gasteiger partial charge is 0.375 e. The Labute approximate surface area is 104 Å². The Hall–Kier alpha value is 0.230. The van der Waals surface area contributed by atoms with E-state index in [4.69, 9.17) is 10.5 Å². The Bertz CT molecular complexity index is 188. The molecule has 1 heterocycles. The predicted octanol–water partition coefficient (Wildman–Crippen LogP) is 1.57. The zero-order valence-corrected chi connectivity index (χ0v) is 11.6. The molecule has 2 atom stereocenters. The van der Waals surface area contributed by atoms with Crippen molar-refractivity contribution in [3.8, 4) is 0 Å². The van der Waals surface area contributed by atoms with Crippen molar-refractivity contribution in [1.29, 1.82) is 0 Å². The summed E-state index contributed by atoms with van der Waals surface area (Å²) in [5, 5.41) is 0. The van der Waals surface area contributed by atoms with Crippen LogP contribution >= 0.6 is 11.8 Å². The van der Waals surface area contributed by atoms with Crippen molar-refractivity contribution in [2.24, 2.45) is 5.73 Å². The van der Waals surface area contributed by atoms with Gasteiger partial charge in [-0.05, 0) is 32.9 Å². The summed E-state index contributed by atoms with van der Waals surface area (Å²) in [5.41, 5.74) is 5.72. The van der Waals surface area contributed by atoms with E-state index < -0.39 is 0 Å². The van der Waals surface area contributed by atoms with Gasteiger partial charge in [0.1, 0.15) is 0 Å². The van der Waals surface area contributed by atoms with Gasteiger partial charge in [0.05, 0.1) is 12.7 Å². The summed E-state index contributed by atoms with van der Waals surface area (Å²) < 4.78 is 5.77. The molecule has 2 unspecified atom stereocenters. The zero-order valence-electron chi connectivity index (χ0n) is 10.8. The molecule has 96 valence electrons. The molecular weight excluding hydrogens is 220 g/mol. The summed E-state index contributed by atoms with van der Waals surface area (Å²) in [5.74, 6) is 2.26. The normalized spacial score (nSPS) is 24.9. The van der Waals surface area contributed by atoms with Crippen LogP contribution in [0.1, 0.15) is 27.2 Å². The number of rotatable bonds is 6. The molecule has 1 saturated heterocycles. The average Bonchev–Trinajstić information content (AvgIpc) is 2.24. The van der Waals surface area contributed by atoms with Gasteiger partial charge in [-0.1, -0.05) is 0 Å². The molecule has 1 rings (SSSR count). The molecule has 0 aliphatic carbocycles. The lowest BCUT2D eigenvalue weighted by Crippen LogP contribution is -2.46. The van der Waals surface area contributed by atoms with Gasteiger partial charge in [0, 0.05) is 30.9 Å². The van der Waals surface area contributed by atoms with E-state index in [1.807, 2.05) is 11.8 Å². The van der Waals surface area contributed by atoms with Crippen LogP contribution in [-0.2, 0) is 4.74 Å². The molecule has 1 fully saturated rings. The minimum atomic E-state index is 0.326. The van der Waals surface area contributed by atoms with Crippen LogP contribution in [0.25, 0.3) is 0 Å². The second-order valence-corrected chi connectivity index (χ2v) is 6.07. The first-order valence-electron chi connectivity index (χ1n) is 6.28. The molecule has 16 heavy (non-hydrogen) atoms. The molecule has 3 nitrogen and oxygen atoms in total. The molecule has 4 heteroatoms. The van der Waals surface area contributed by atoms with Gasteiger partial charge in [-0.3, -0.25) is 4.90 Å². The van der Waals surface area contributed by atoms with Gasteiger partial charge in [-0.15, -0.1) is 0 Å². The van der Waals surface area contributed by atoms with E-state index in [9.17, 15) is 0 Å². The van der Waals surface area contributed by atoms with Crippen molar-refractivity contribution in [3.05, 3.63) is 0 Å².